The van der Waals surface area contributed by atoms with Crippen LogP contribution in [0.3, 0.4) is 0 Å². The van der Waals surface area contributed by atoms with Crippen molar-refractivity contribution in [3.8, 4) is 0 Å². The van der Waals surface area contributed by atoms with Crippen molar-refractivity contribution in [1.82, 2.24) is 15.1 Å². The highest BCUT2D eigenvalue weighted by atomic mass is 15.2. The number of hydrogen-bond acceptors (Lipinski definition) is 3. The van der Waals surface area contributed by atoms with Crippen LogP contribution in [-0.2, 0) is 0 Å². The SMILES string of the molecule is CN1CCCC(CN(C)CC2CCCCN2)C1. The van der Waals surface area contributed by atoms with Gasteiger partial charge < -0.3 is 15.1 Å². The smallest absolute Gasteiger partial charge is 0.0194 e. The van der Waals surface area contributed by atoms with Crippen molar-refractivity contribution in [1.29, 1.82) is 0 Å². The molecule has 2 fully saturated rings. The lowest BCUT2D eigenvalue weighted by atomic mass is 9.97. The molecule has 3 heteroatoms. The molecular formula is C14H29N3. The van der Waals surface area contributed by atoms with Crippen molar-refractivity contribution >= 4 is 0 Å². The molecule has 2 aliphatic heterocycles. The minimum absolute atomic E-state index is 0.745. The zero-order valence-electron chi connectivity index (χ0n) is 11.6. The van der Waals surface area contributed by atoms with Crippen molar-refractivity contribution in [3.63, 3.8) is 0 Å². The quantitative estimate of drug-likeness (QED) is 0.800. The van der Waals surface area contributed by atoms with Crippen molar-refractivity contribution < 1.29 is 0 Å². The van der Waals surface area contributed by atoms with E-state index in [1.54, 1.807) is 0 Å². The number of nitrogens with zero attached hydrogens (tertiary/aromatic N) is 2. The standard InChI is InChI=1S/C14H29N3/c1-16-9-5-6-13(10-16)11-17(2)12-14-7-3-4-8-15-14/h13-15H,3-12H2,1-2H3. The van der Waals surface area contributed by atoms with Gasteiger partial charge in [-0.15, -0.1) is 0 Å². The number of likely N-dealkylation sites (N-methyl/N-ethyl adjacent to an activating group) is 1. The van der Waals surface area contributed by atoms with Gasteiger partial charge in [-0.1, -0.05) is 6.42 Å². The lowest BCUT2D eigenvalue weighted by Crippen LogP contribution is -2.45. The Hall–Kier alpha value is -0.120. The highest BCUT2D eigenvalue weighted by Gasteiger charge is 2.20. The van der Waals surface area contributed by atoms with E-state index in [9.17, 15) is 0 Å². The van der Waals surface area contributed by atoms with E-state index in [1.807, 2.05) is 0 Å². The van der Waals surface area contributed by atoms with Crippen LogP contribution >= 0.6 is 0 Å². The average molecular weight is 239 g/mol. The summed E-state index contributed by atoms with van der Waals surface area (Å²) in [5, 5.41) is 3.64. The van der Waals surface area contributed by atoms with Crippen LogP contribution in [0.25, 0.3) is 0 Å². The van der Waals surface area contributed by atoms with Gasteiger partial charge in [0.1, 0.15) is 0 Å². The molecule has 2 rings (SSSR count). The highest BCUT2D eigenvalue weighted by Crippen LogP contribution is 2.16. The minimum atomic E-state index is 0.745. The first-order valence-corrected chi connectivity index (χ1v) is 7.34. The molecule has 0 aromatic rings. The molecule has 0 bridgehead atoms. The lowest BCUT2D eigenvalue weighted by molar-refractivity contribution is 0.156. The molecule has 0 radical (unpaired) electrons. The second kappa shape index (κ2) is 6.72. The molecular weight excluding hydrogens is 210 g/mol. The van der Waals surface area contributed by atoms with Gasteiger partial charge in [-0.3, -0.25) is 0 Å². The van der Waals surface area contributed by atoms with Gasteiger partial charge in [-0.05, 0) is 58.8 Å². The van der Waals surface area contributed by atoms with Crippen molar-refractivity contribution in [3.05, 3.63) is 0 Å². The van der Waals surface area contributed by atoms with Gasteiger partial charge in [0.2, 0.25) is 0 Å². The third-order valence-electron chi connectivity index (χ3n) is 4.24. The van der Waals surface area contributed by atoms with Crippen LogP contribution in [0.1, 0.15) is 32.1 Å². The second-order valence-electron chi connectivity index (χ2n) is 6.14. The van der Waals surface area contributed by atoms with Gasteiger partial charge >= 0.3 is 0 Å². The first-order chi connectivity index (χ1) is 8.24. The fourth-order valence-corrected chi connectivity index (χ4v) is 3.39. The summed E-state index contributed by atoms with van der Waals surface area (Å²) < 4.78 is 0. The summed E-state index contributed by atoms with van der Waals surface area (Å²) >= 11 is 0. The van der Waals surface area contributed by atoms with E-state index in [0.29, 0.717) is 0 Å². The maximum absolute atomic E-state index is 3.64. The first-order valence-electron chi connectivity index (χ1n) is 7.34. The summed E-state index contributed by atoms with van der Waals surface area (Å²) in [6.45, 7) is 6.33. The van der Waals surface area contributed by atoms with Gasteiger partial charge in [-0.2, -0.15) is 0 Å². The molecule has 2 unspecified atom stereocenters. The molecule has 2 atom stereocenters. The average Bonchev–Trinajstić information content (AvgIpc) is 2.30. The molecule has 2 aliphatic rings. The number of nitrogens with one attached hydrogen (secondary N) is 1. The van der Waals surface area contributed by atoms with Crippen LogP contribution in [0, 0.1) is 5.92 Å². The van der Waals surface area contributed by atoms with E-state index in [2.05, 4.69) is 29.2 Å². The highest BCUT2D eigenvalue weighted by molar-refractivity contribution is 4.78. The Labute approximate surface area is 107 Å². The second-order valence-corrected chi connectivity index (χ2v) is 6.14. The molecule has 2 heterocycles. The van der Waals surface area contributed by atoms with E-state index in [4.69, 9.17) is 0 Å². The lowest BCUT2D eigenvalue weighted by Gasteiger charge is -2.34. The van der Waals surface area contributed by atoms with Gasteiger partial charge in [0.15, 0.2) is 0 Å². The Morgan fingerprint density at radius 1 is 1.18 bits per heavy atom. The molecule has 0 spiro atoms. The van der Waals surface area contributed by atoms with Gasteiger partial charge in [0, 0.05) is 25.7 Å². The molecule has 17 heavy (non-hydrogen) atoms. The van der Waals surface area contributed by atoms with Gasteiger partial charge in [0.05, 0.1) is 0 Å². The fourth-order valence-electron chi connectivity index (χ4n) is 3.39. The van der Waals surface area contributed by atoms with Crippen LogP contribution in [0.4, 0.5) is 0 Å². The van der Waals surface area contributed by atoms with Gasteiger partial charge in [-0.25, -0.2) is 0 Å². The molecule has 0 saturated carbocycles. The third-order valence-corrected chi connectivity index (χ3v) is 4.24. The molecule has 0 aromatic carbocycles. The Morgan fingerprint density at radius 2 is 2.06 bits per heavy atom. The predicted molar refractivity (Wildman–Crippen MR) is 73.4 cm³/mol. The number of piperidine rings is 2. The zero-order chi connectivity index (χ0) is 12.1. The van der Waals surface area contributed by atoms with Crippen molar-refractivity contribution in [2.24, 2.45) is 5.92 Å². The van der Waals surface area contributed by atoms with Crippen molar-refractivity contribution in [2.45, 2.75) is 38.1 Å². The topological polar surface area (TPSA) is 18.5 Å². The Bertz CT molecular complexity index is 214. The molecule has 3 nitrogen and oxygen atoms in total. The van der Waals surface area contributed by atoms with E-state index in [1.165, 1.54) is 64.8 Å². The van der Waals surface area contributed by atoms with Crippen LogP contribution in [0.5, 0.6) is 0 Å². The third kappa shape index (κ3) is 4.57. The largest absolute Gasteiger partial charge is 0.313 e. The number of rotatable bonds is 4. The Balaban J connectivity index is 1.66. The van der Waals surface area contributed by atoms with E-state index < -0.39 is 0 Å². The van der Waals surface area contributed by atoms with Crippen LogP contribution in [0.2, 0.25) is 0 Å². The summed E-state index contributed by atoms with van der Waals surface area (Å²) in [4.78, 5) is 5.04. The summed E-state index contributed by atoms with van der Waals surface area (Å²) in [6, 6.07) is 0.745. The molecule has 0 aliphatic carbocycles. The van der Waals surface area contributed by atoms with E-state index >= 15 is 0 Å². The minimum Gasteiger partial charge on any atom is -0.313 e. The van der Waals surface area contributed by atoms with E-state index in [-0.39, 0.29) is 0 Å². The number of hydrogen-bond donors (Lipinski definition) is 1. The zero-order valence-corrected chi connectivity index (χ0v) is 11.6. The van der Waals surface area contributed by atoms with Gasteiger partial charge in [0.25, 0.3) is 0 Å². The first kappa shape index (κ1) is 13.3. The van der Waals surface area contributed by atoms with Crippen LogP contribution in [-0.4, -0.2) is 62.7 Å². The van der Waals surface area contributed by atoms with E-state index in [0.717, 1.165) is 12.0 Å². The fraction of sp³-hybridized carbons (Fsp3) is 1.00. The summed E-state index contributed by atoms with van der Waals surface area (Å²) in [6.07, 6.45) is 6.96. The number of likely N-dealkylation sites (tertiary alicyclic amines) is 1. The maximum atomic E-state index is 3.64. The summed E-state index contributed by atoms with van der Waals surface area (Å²) in [7, 11) is 4.56. The normalized spacial score (nSPS) is 31.9. The van der Waals surface area contributed by atoms with Crippen molar-refractivity contribution in [2.75, 3.05) is 46.8 Å². The Morgan fingerprint density at radius 3 is 2.76 bits per heavy atom. The van der Waals surface area contributed by atoms with Crippen LogP contribution < -0.4 is 5.32 Å². The monoisotopic (exact) mass is 239 g/mol. The maximum Gasteiger partial charge on any atom is 0.0194 e. The Kier molecular flexibility index (Phi) is 5.26. The molecule has 0 amide bonds. The molecule has 0 aromatic heterocycles. The van der Waals surface area contributed by atoms with Crippen LogP contribution in [0.15, 0.2) is 0 Å². The molecule has 2 saturated heterocycles. The molecule has 1 N–H and O–H groups in total. The summed E-state index contributed by atoms with van der Waals surface area (Å²) in [5.74, 6) is 0.891. The summed E-state index contributed by atoms with van der Waals surface area (Å²) in [5.41, 5.74) is 0. The predicted octanol–water partition coefficient (Wildman–Crippen LogP) is 1.40. The molecule has 100 valence electrons.